The summed E-state index contributed by atoms with van der Waals surface area (Å²) < 4.78 is 0. The van der Waals surface area contributed by atoms with Gasteiger partial charge in [-0.25, -0.2) is 9.97 Å². The van der Waals surface area contributed by atoms with E-state index in [2.05, 4.69) is 20.3 Å². The van der Waals surface area contributed by atoms with Gasteiger partial charge in [0.15, 0.2) is 5.15 Å². The average molecular weight is 225 g/mol. The number of fused-ring (bicyclic) bond motifs is 1. The number of aromatic nitrogens is 3. The Labute approximate surface area is 90.9 Å². The summed E-state index contributed by atoms with van der Waals surface area (Å²) in [5.74, 6) is -0.168. The molecule has 0 aliphatic carbocycles. The van der Waals surface area contributed by atoms with Crippen LogP contribution in [0.25, 0.3) is 11.0 Å². The fourth-order valence-corrected chi connectivity index (χ4v) is 1.53. The lowest BCUT2D eigenvalue weighted by molar-refractivity contribution is 0.0957. The smallest absolute Gasteiger partial charge is 0.255 e. The minimum atomic E-state index is -0.168. The number of H-pyrrole nitrogens is 1. The molecule has 1 amide bonds. The Morgan fingerprint density at radius 3 is 3.13 bits per heavy atom. The van der Waals surface area contributed by atoms with Gasteiger partial charge >= 0.3 is 0 Å². The van der Waals surface area contributed by atoms with Gasteiger partial charge in [-0.1, -0.05) is 11.6 Å². The Bertz CT molecular complexity index is 508. The minimum Gasteiger partial charge on any atom is -0.357 e. The van der Waals surface area contributed by atoms with E-state index >= 15 is 0 Å². The summed E-state index contributed by atoms with van der Waals surface area (Å²) in [6, 6.07) is 0. The normalized spacial score (nSPS) is 10.5. The van der Waals surface area contributed by atoms with Gasteiger partial charge in [0.2, 0.25) is 0 Å². The molecule has 0 spiro atoms. The summed E-state index contributed by atoms with van der Waals surface area (Å²) in [6.07, 6.45) is 2.91. The van der Waals surface area contributed by atoms with Gasteiger partial charge in [0.25, 0.3) is 5.91 Å². The minimum absolute atomic E-state index is 0.168. The number of hydrogen-bond donors (Lipinski definition) is 2. The largest absolute Gasteiger partial charge is 0.357 e. The van der Waals surface area contributed by atoms with Crippen molar-refractivity contribution in [1.82, 2.24) is 20.3 Å². The number of amides is 1. The van der Waals surface area contributed by atoms with E-state index in [0.29, 0.717) is 28.3 Å². The first-order valence-electron chi connectivity index (χ1n) is 4.49. The molecule has 0 saturated carbocycles. The summed E-state index contributed by atoms with van der Waals surface area (Å²) >= 11 is 5.84. The van der Waals surface area contributed by atoms with Gasteiger partial charge < -0.3 is 10.3 Å². The molecule has 2 heterocycles. The second-order valence-corrected chi connectivity index (χ2v) is 3.31. The van der Waals surface area contributed by atoms with E-state index in [9.17, 15) is 4.79 Å². The van der Waals surface area contributed by atoms with Gasteiger partial charge in [-0.15, -0.1) is 0 Å². The van der Waals surface area contributed by atoms with Crippen LogP contribution in [0.1, 0.15) is 17.3 Å². The number of nitrogens with zero attached hydrogens (tertiary/aromatic N) is 2. The van der Waals surface area contributed by atoms with Gasteiger partial charge in [-0.05, 0) is 6.92 Å². The number of rotatable bonds is 2. The van der Waals surface area contributed by atoms with Crippen molar-refractivity contribution >= 4 is 28.5 Å². The first-order valence-corrected chi connectivity index (χ1v) is 4.87. The molecule has 0 fully saturated rings. The molecule has 15 heavy (non-hydrogen) atoms. The molecule has 2 rings (SSSR count). The number of halogens is 1. The maximum absolute atomic E-state index is 11.6. The molecule has 0 aliphatic rings. The Morgan fingerprint density at radius 1 is 1.60 bits per heavy atom. The van der Waals surface area contributed by atoms with Crippen molar-refractivity contribution in [2.75, 3.05) is 6.54 Å². The summed E-state index contributed by atoms with van der Waals surface area (Å²) in [4.78, 5) is 22.3. The maximum Gasteiger partial charge on any atom is 0.255 e. The van der Waals surface area contributed by atoms with E-state index in [-0.39, 0.29) is 5.91 Å². The highest BCUT2D eigenvalue weighted by Gasteiger charge is 2.14. The number of aromatic amines is 1. The summed E-state index contributed by atoms with van der Waals surface area (Å²) in [7, 11) is 0. The summed E-state index contributed by atoms with van der Waals surface area (Å²) in [5.41, 5.74) is 1.61. The summed E-state index contributed by atoms with van der Waals surface area (Å²) in [6.45, 7) is 2.43. The second kappa shape index (κ2) is 3.86. The fraction of sp³-hybridized carbons (Fsp3) is 0.222. The number of carbonyl (C=O) groups excluding carboxylic acids is 1. The Balaban J connectivity index is 2.54. The molecule has 0 aromatic carbocycles. The molecule has 0 atom stereocenters. The molecule has 0 unspecified atom stereocenters. The van der Waals surface area contributed by atoms with Crippen LogP contribution in [-0.4, -0.2) is 27.4 Å². The third-order valence-electron chi connectivity index (χ3n) is 2.00. The van der Waals surface area contributed by atoms with Gasteiger partial charge in [0.05, 0.1) is 5.56 Å². The van der Waals surface area contributed by atoms with Crippen LogP contribution in [0.15, 0.2) is 12.5 Å². The molecule has 0 aliphatic heterocycles. The van der Waals surface area contributed by atoms with Crippen molar-refractivity contribution in [3.05, 3.63) is 23.2 Å². The maximum atomic E-state index is 11.6. The quantitative estimate of drug-likeness (QED) is 0.757. The van der Waals surface area contributed by atoms with Crippen LogP contribution in [0.4, 0.5) is 0 Å². The molecular formula is C9H9ClN4O. The highest BCUT2D eigenvalue weighted by Crippen LogP contribution is 2.20. The van der Waals surface area contributed by atoms with Crippen molar-refractivity contribution in [3.8, 4) is 0 Å². The lowest BCUT2D eigenvalue weighted by atomic mass is 10.2. The molecular weight excluding hydrogens is 216 g/mol. The average Bonchev–Trinajstić information content (AvgIpc) is 2.63. The van der Waals surface area contributed by atoms with Crippen molar-refractivity contribution in [3.63, 3.8) is 0 Å². The highest BCUT2D eigenvalue weighted by molar-refractivity contribution is 6.34. The SMILES string of the molecule is CCNC(=O)c1c[nH]c2c(Cl)ncnc12. The standard InChI is InChI=1S/C9H9ClN4O/c1-2-11-9(15)5-3-12-7-6(5)13-4-14-8(7)10/h3-4,12H,2H2,1H3,(H,11,15). The lowest BCUT2D eigenvalue weighted by Crippen LogP contribution is -2.22. The van der Waals surface area contributed by atoms with Gasteiger partial charge in [-0.2, -0.15) is 0 Å². The monoisotopic (exact) mass is 224 g/mol. The summed E-state index contributed by atoms with van der Waals surface area (Å²) in [5, 5.41) is 3.01. The van der Waals surface area contributed by atoms with Gasteiger partial charge in [0.1, 0.15) is 17.4 Å². The van der Waals surface area contributed by atoms with E-state index < -0.39 is 0 Å². The van der Waals surface area contributed by atoms with Crippen LogP contribution in [-0.2, 0) is 0 Å². The number of hydrogen-bond acceptors (Lipinski definition) is 3. The molecule has 0 saturated heterocycles. The van der Waals surface area contributed by atoms with Crippen LogP contribution < -0.4 is 5.32 Å². The zero-order chi connectivity index (χ0) is 10.8. The van der Waals surface area contributed by atoms with Gasteiger partial charge in [0, 0.05) is 12.7 Å². The molecule has 2 aromatic rings. The topological polar surface area (TPSA) is 70.7 Å². The molecule has 2 aromatic heterocycles. The van der Waals surface area contributed by atoms with E-state index in [1.165, 1.54) is 6.33 Å². The van der Waals surface area contributed by atoms with Crippen molar-refractivity contribution in [2.45, 2.75) is 6.92 Å². The van der Waals surface area contributed by atoms with E-state index in [1.54, 1.807) is 6.20 Å². The van der Waals surface area contributed by atoms with Crippen LogP contribution in [0, 0.1) is 0 Å². The van der Waals surface area contributed by atoms with Crippen LogP contribution >= 0.6 is 11.6 Å². The lowest BCUT2D eigenvalue weighted by Gasteiger charge is -1.98. The Kier molecular flexibility index (Phi) is 2.55. The van der Waals surface area contributed by atoms with E-state index in [0.717, 1.165) is 0 Å². The number of carbonyl (C=O) groups is 1. The van der Waals surface area contributed by atoms with Gasteiger partial charge in [-0.3, -0.25) is 4.79 Å². The van der Waals surface area contributed by atoms with Crippen LogP contribution in [0.5, 0.6) is 0 Å². The van der Waals surface area contributed by atoms with Crippen molar-refractivity contribution in [2.24, 2.45) is 0 Å². The predicted octanol–water partition coefficient (Wildman–Crippen LogP) is 1.36. The first-order chi connectivity index (χ1) is 7.24. The molecule has 2 N–H and O–H groups in total. The zero-order valence-electron chi connectivity index (χ0n) is 8.04. The van der Waals surface area contributed by atoms with E-state index in [4.69, 9.17) is 11.6 Å². The Morgan fingerprint density at radius 2 is 2.40 bits per heavy atom. The van der Waals surface area contributed by atoms with Crippen molar-refractivity contribution in [1.29, 1.82) is 0 Å². The Hall–Kier alpha value is -1.62. The first kappa shape index (κ1) is 9.92. The molecule has 0 bridgehead atoms. The fourth-order valence-electron chi connectivity index (χ4n) is 1.34. The predicted molar refractivity (Wildman–Crippen MR) is 56.9 cm³/mol. The molecule has 5 nitrogen and oxygen atoms in total. The van der Waals surface area contributed by atoms with Crippen molar-refractivity contribution < 1.29 is 4.79 Å². The molecule has 0 radical (unpaired) electrons. The molecule has 78 valence electrons. The molecule has 6 heteroatoms. The highest BCUT2D eigenvalue weighted by atomic mass is 35.5. The third kappa shape index (κ3) is 1.66. The zero-order valence-corrected chi connectivity index (χ0v) is 8.80. The van der Waals surface area contributed by atoms with Crippen LogP contribution in [0.2, 0.25) is 5.15 Å². The van der Waals surface area contributed by atoms with Crippen LogP contribution in [0.3, 0.4) is 0 Å². The van der Waals surface area contributed by atoms with E-state index in [1.807, 2.05) is 6.92 Å². The number of nitrogens with one attached hydrogen (secondary N) is 2. The second-order valence-electron chi connectivity index (χ2n) is 2.95. The third-order valence-corrected chi connectivity index (χ3v) is 2.29.